The Morgan fingerprint density at radius 3 is 1.39 bits per heavy atom. The van der Waals surface area contributed by atoms with Gasteiger partial charge in [-0.2, -0.15) is 0 Å². The molecule has 0 N–H and O–H groups in total. The van der Waals surface area contributed by atoms with E-state index in [1.54, 1.807) is 0 Å². The first-order valence-electron chi connectivity index (χ1n) is 8.62. The van der Waals surface area contributed by atoms with Crippen LogP contribution in [-0.2, 0) is 26.2 Å². The van der Waals surface area contributed by atoms with Crippen LogP contribution in [0.5, 0.6) is 0 Å². The van der Waals surface area contributed by atoms with Gasteiger partial charge in [0.15, 0.2) is 0 Å². The van der Waals surface area contributed by atoms with Crippen molar-refractivity contribution in [2.45, 2.75) is 38.5 Å². The van der Waals surface area contributed by atoms with Crippen LogP contribution in [-0.4, -0.2) is 0 Å². The van der Waals surface area contributed by atoms with Gasteiger partial charge in [-0.15, -0.1) is 0 Å². The molecule has 4 aliphatic carbocycles. The van der Waals surface area contributed by atoms with Crippen LogP contribution < -0.4 is 0 Å². The monoisotopic (exact) mass is 386 g/mol. The van der Waals surface area contributed by atoms with Gasteiger partial charge in [-0.3, -0.25) is 0 Å². The quantitative estimate of drug-likeness (QED) is 0.506. The van der Waals surface area contributed by atoms with Crippen molar-refractivity contribution in [2.24, 2.45) is 35.5 Å². The molecule has 0 nitrogen and oxygen atoms in total. The van der Waals surface area contributed by atoms with Crippen LogP contribution in [0.1, 0.15) is 38.5 Å². The van der Waals surface area contributed by atoms with Gasteiger partial charge in [-0.05, 0) is 74.0 Å². The minimum atomic E-state index is 0. The molecule has 0 aromatic heterocycles. The third-order valence-corrected chi connectivity index (χ3v) is 6.33. The first kappa shape index (κ1) is 20.9. The molecule has 0 aromatic carbocycles. The average Bonchev–Trinajstić information content (AvgIpc) is 3.09. The van der Waals surface area contributed by atoms with E-state index in [1.807, 2.05) is 0 Å². The van der Waals surface area contributed by atoms with Gasteiger partial charge in [-0.1, -0.05) is 48.6 Å². The standard InChI is InChI=1S/C20H26.2CH3.Zr/c1-3-7-19-15(5-1)9-11-17(19)13-14-18-12-10-16-6-2-4-8-20(16)18;;;/h1-8,15-20H,9-14H2;2*1H3;/q;2*-1;+2. The zero-order chi connectivity index (χ0) is 13.4. The minimum Gasteiger partial charge on any atom is -0.358 e. The predicted molar refractivity (Wildman–Crippen MR) is 98.0 cm³/mol. The van der Waals surface area contributed by atoms with E-state index in [1.165, 1.54) is 38.5 Å². The van der Waals surface area contributed by atoms with Crippen LogP contribution in [0.2, 0.25) is 0 Å². The molecule has 4 rings (SSSR count). The summed E-state index contributed by atoms with van der Waals surface area (Å²) in [6.45, 7) is 0. The van der Waals surface area contributed by atoms with Crippen LogP contribution >= 0.6 is 0 Å². The molecule has 6 atom stereocenters. The maximum atomic E-state index is 2.49. The fourth-order valence-electron chi connectivity index (χ4n) is 5.23. The van der Waals surface area contributed by atoms with Crippen molar-refractivity contribution in [3.63, 3.8) is 0 Å². The number of hydrogen-bond donors (Lipinski definition) is 0. The molecule has 2 fully saturated rings. The average molecular weight is 388 g/mol. The fraction of sp³-hybridized carbons (Fsp3) is 0.545. The van der Waals surface area contributed by atoms with Crippen molar-refractivity contribution in [1.82, 2.24) is 0 Å². The van der Waals surface area contributed by atoms with E-state index in [0.717, 1.165) is 35.5 Å². The molecular weight excluding hydrogens is 355 g/mol. The zero-order valence-electron chi connectivity index (χ0n) is 14.8. The van der Waals surface area contributed by atoms with Gasteiger partial charge in [0.2, 0.25) is 0 Å². The molecule has 6 unspecified atom stereocenters. The third-order valence-electron chi connectivity index (χ3n) is 6.33. The second-order valence-corrected chi connectivity index (χ2v) is 7.27. The van der Waals surface area contributed by atoms with Crippen molar-refractivity contribution < 1.29 is 26.2 Å². The largest absolute Gasteiger partial charge is 2.00 e. The molecule has 1 heteroatoms. The number of rotatable bonds is 3. The summed E-state index contributed by atoms with van der Waals surface area (Å²) in [6, 6.07) is 0. The van der Waals surface area contributed by atoms with E-state index < -0.39 is 0 Å². The maximum Gasteiger partial charge on any atom is 2.00 e. The molecule has 0 aliphatic heterocycles. The number of hydrogen-bond acceptors (Lipinski definition) is 0. The van der Waals surface area contributed by atoms with E-state index in [0.29, 0.717) is 0 Å². The first-order valence-corrected chi connectivity index (χ1v) is 8.62. The predicted octanol–water partition coefficient (Wildman–Crippen LogP) is 6.20. The number of fused-ring (bicyclic) bond motifs is 2. The summed E-state index contributed by atoms with van der Waals surface area (Å²) in [5.74, 6) is 5.36. The fourth-order valence-corrected chi connectivity index (χ4v) is 5.23. The minimum absolute atomic E-state index is 0. The second-order valence-electron chi connectivity index (χ2n) is 7.27. The van der Waals surface area contributed by atoms with Crippen molar-refractivity contribution in [1.29, 1.82) is 0 Å². The molecule has 2 saturated carbocycles. The molecule has 0 saturated heterocycles. The Morgan fingerprint density at radius 1 is 0.565 bits per heavy atom. The molecule has 0 radical (unpaired) electrons. The van der Waals surface area contributed by atoms with Crippen molar-refractivity contribution >= 4 is 0 Å². The summed E-state index contributed by atoms with van der Waals surface area (Å²) in [5.41, 5.74) is 0. The molecule has 124 valence electrons. The van der Waals surface area contributed by atoms with Gasteiger partial charge in [0.05, 0.1) is 0 Å². The van der Waals surface area contributed by atoms with Crippen LogP contribution in [0.25, 0.3) is 0 Å². The van der Waals surface area contributed by atoms with Crippen LogP contribution in [0.15, 0.2) is 48.6 Å². The Morgan fingerprint density at radius 2 is 0.957 bits per heavy atom. The topological polar surface area (TPSA) is 0 Å². The first-order chi connectivity index (χ1) is 9.92. The summed E-state index contributed by atoms with van der Waals surface area (Å²) in [7, 11) is 0. The molecule has 0 bridgehead atoms. The Bertz CT molecular complexity index is 426. The Kier molecular flexibility index (Phi) is 8.50. The SMILES string of the molecule is C1=CC2CCC(CCC3CCC4C=CC=CC43)C2C=C1.[CH3-].[CH3-].[Zr+2]. The molecule has 0 heterocycles. The summed E-state index contributed by atoms with van der Waals surface area (Å²) >= 11 is 0. The van der Waals surface area contributed by atoms with Crippen molar-refractivity contribution in [3.8, 4) is 0 Å². The summed E-state index contributed by atoms with van der Waals surface area (Å²) in [6.07, 6.45) is 27.6. The summed E-state index contributed by atoms with van der Waals surface area (Å²) in [5, 5.41) is 0. The second kappa shape index (κ2) is 9.36. The van der Waals surface area contributed by atoms with Gasteiger partial charge >= 0.3 is 26.2 Å². The van der Waals surface area contributed by atoms with Gasteiger partial charge in [-0.25, -0.2) is 0 Å². The molecule has 23 heavy (non-hydrogen) atoms. The van der Waals surface area contributed by atoms with Crippen molar-refractivity contribution in [2.75, 3.05) is 0 Å². The van der Waals surface area contributed by atoms with E-state index in [-0.39, 0.29) is 41.1 Å². The van der Waals surface area contributed by atoms with E-state index in [9.17, 15) is 0 Å². The Balaban J connectivity index is 0.000000882. The van der Waals surface area contributed by atoms with Crippen LogP contribution in [0.3, 0.4) is 0 Å². The Hall–Kier alpha value is -0.157. The smallest absolute Gasteiger partial charge is 0.358 e. The van der Waals surface area contributed by atoms with Gasteiger partial charge in [0, 0.05) is 0 Å². The summed E-state index contributed by atoms with van der Waals surface area (Å²) in [4.78, 5) is 0. The molecule has 0 spiro atoms. The maximum absolute atomic E-state index is 2.49. The van der Waals surface area contributed by atoms with Crippen molar-refractivity contribution in [3.05, 3.63) is 63.5 Å². The van der Waals surface area contributed by atoms with Gasteiger partial charge in [0.1, 0.15) is 0 Å². The molecular formula is C22H32Zr. The summed E-state index contributed by atoms with van der Waals surface area (Å²) < 4.78 is 0. The van der Waals surface area contributed by atoms with Crippen LogP contribution in [0.4, 0.5) is 0 Å². The molecule has 0 aromatic rings. The zero-order valence-corrected chi connectivity index (χ0v) is 17.3. The van der Waals surface area contributed by atoms with E-state index >= 15 is 0 Å². The van der Waals surface area contributed by atoms with Gasteiger partial charge in [0.25, 0.3) is 0 Å². The van der Waals surface area contributed by atoms with E-state index in [4.69, 9.17) is 0 Å². The van der Waals surface area contributed by atoms with Crippen LogP contribution in [0, 0.1) is 50.4 Å². The Labute approximate surface area is 163 Å². The normalized spacial score (nSPS) is 39.0. The molecule has 4 aliphatic rings. The third kappa shape index (κ3) is 4.28. The van der Waals surface area contributed by atoms with E-state index in [2.05, 4.69) is 48.6 Å². The van der Waals surface area contributed by atoms with Gasteiger partial charge < -0.3 is 14.9 Å². The molecule has 0 amide bonds. The number of allylic oxidation sites excluding steroid dienone is 8.